The Bertz CT molecular complexity index is 449. The Morgan fingerprint density at radius 3 is 2.76 bits per heavy atom. The highest BCUT2D eigenvalue weighted by Crippen LogP contribution is 2.34. The van der Waals surface area contributed by atoms with Gasteiger partial charge in [-0.25, -0.2) is 0 Å². The van der Waals surface area contributed by atoms with Crippen molar-refractivity contribution in [3.8, 4) is 0 Å². The Kier molecular flexibility index (Phi) is 4.97. The highest BCUT2D eigenvalue weighted by atomic mass is 15.2. The number of nitrogens with zero attached hydrogens (tertiary/aromatic N) is 1. The molecule has 0 saturated carbocycles. The van der Waals surface area contributed by atoms with Crippen LogP contribution in [0.3, 0.4) is 0 Å². The van der Waals surface area contributed by atoms with Crippen LogP contribution in [0.15, 0.2) is 24.3 Å². The largest absolute Gasteiger partial charge is 0.313 e. The average molecular weight is 286 g/mol. The second kappa shape index (κ2) is 6.93. The van der Waals surface area contributed by atoms with Crippen molar-refractivity contribution in [3.63, 3.8) is 0 Å². The first-order chi connectivity index (χ1) is 10.3. The van der Waals surface area contributed by atoms with Crippen molar-refractivity contribution in [2.75, 3.05) is 13.1 Å². The monoisotopic (exact) mass is 286 g/mol. The van der Waals surface area contributed by atoms with Gasteiger partial charge in [-0.2, -0.15) is 0 Å². The van der Waals surface area contributed by atoms with Crippen LogP contribution in [0.5, 0.6) is 0 Å². The zero-order valence-corrected chi connectivity index (χ0v) is 13.6. The highest BCUT2D eigenvalue weighted by Gasteiger charge is 2.29. The molecule has 0 aromatic heterocycles. The summed E-state index contributed by atoms with van der Waals surface area (Å²) in [6.07, 6.45) is 7.99. The topological polar surface area (TPSA) is 15.3 Å². The second-order valence-electron chi connectivity index (χ2n) is 7.04. The molecule has 0 amide bonds. The molecule has 116 valence electrons. The van der Waals surface area contributed by atoms with Crippen molar-refractivity contribution >= 4 is 0 Å². The number of benzene rings is 1. The Morgan fingerprint density at radius 2 is 2.00 bits per heavy atom. The Hall–Kier alpha value is -0.860. The van der Waals surface area contributed by atoms with Gasteiger partial charge in [0.05, 0.1) is 0 Å². The molecule has 1 N–H and O–H groups in total. The first-order valence-corrected chi connectivity index (χ1v) is 8.82. The van der Waals surface area contributed by atoms with Crippen LogP contribution in [0, 0.1) is 0 Å². The molecule has 2 atom stereocenters. The lowest BCUT2D eigenvalue weighted by atomic mass is 9.96. The summed E-state index contributed by atoms with van der Waals surface area (Å²) in [5, 5.41) is 3.68. The van der Waals surface area contributed by atoms with Gasteiger partial charge in [0.15, 0.2) is 0 Å². The molecule has 2 aliphatic rings. The van der Waals surface area contributed by atoms with Gasteiger partial charge >= 0.3 is 0 Å². The molecule has 2 unspecified atom stereocenters. The lowest BCUT2D eigenvalue weighted by Crippen LogP contribution is -2.43. The minimum atomic E-state index is 0.614. The maximum absolute atomic E-state index is 3.68. The van der Waals surface area contributed by atoms with Crippen LogP contribution in [0.2, 0.25) is 0 Å². The second-order valence-corrected chi connectivity index (χ2v) is 7.04. The van der Waals surface area contributed by atoms with Crippen LogP contribution in [-0.4, -0.2) is 30.1 Å². The highest BCUT2D eigenvalue weighted by molar-refractivity contribution is 5.31. The predicted molar refractivity (Wildman–Crippen MR) is 89.6 cm³/mol. The minimum absolute atomic E-state index is 0.614. The number of nitrogens with one attached hydrogen (secondary N) is 1. The molecule has 1 aliphatic heterocycles. The van der Waals surface area contributed by atoms with E-state index in [2.05, 4.69) is 48.3 Å². The summed E-state index contributed by atoms with van der Waals surface area (Å²) in [6, 6.07) is 11.1. The summed E-state index contributed by atoms with van der Waals surface area (Å²) in [5.41, 5.74) is 3.19. The van der Waals surface area contributed by atoms with E-state index in [1.807, 2.05) is 0 Å². The standard InChI is InChI=1S/C19H30N2/c1-15(2)21(14-17-10-7-13-20-17)19-12-6-4-9-16-8-3-5-11-18(16)19/h3,5,8,11,15,17,19-20H,4,6-7,9-10,12-14H2,1-2H3. The van der Waals surface area contributed by atoms with Gasteiger partial charge in [0.2, 0.25) is 0 Å². The molecule has 1 heterocycles. The maximum atomic E-state index is 3.68. The molecule has 0 spiro atoms. The summed E-state index contributed by atoms with van der Waals surface area (Å²) in [7, 11) is 0. The lowest BCUT2D eigenvalue weighted by molar-refractivity contribution is 0.131. The summed E-state index contributed by atoms with van der Waals surface area (Å²) in [4.78, 5) is 2.76. The number of aryl methyl sites for hydroxylation is 1. The van der Waals surface area contributed by atoms with Crippen LogP contribution < -0.4 is 5.32 Å². The van der Waals surface area contributed by atoms with Gasteiger partial charge in [0.1, 0.15) is 0 Å². The zero-order chi connectivity index (χ0) is 14.7. The minimum Gasteiger partial charge on any atom is -0.313 e. The van der Waals surface area contributed by atoms with Crippen LogP contribution in [0.25, 0.3) is 0 Å². The summed E-state index contributed by atoms with van der Waals surface area (Å²) in [6.45, 7) is 7.14. The van der Waals surface area contributed by atoms with Crippen LogP contribution >= 0.6 is 0 Å². The maximum Gasteiger partial charge on any atom is 0.0354 e. The van der Waals surface area contributed by atoms with Gasteiger partial charge in [0, 0.05) is 24.7 Å². The van der Waals surface area contributed by atoms with E-state index in [-0.39, 0.29) is 0 Å². The number of rotatable bonds is 4. The zero-order valence-electron chi connectivity index (χ0n) is 13.6. The van der Waals surface area contributed by atoms with Crippen molar-refractivity contribution in [1.82, 2.24) is 10.2 Å². The van der Waals surface area contributed by atoms with Gasteiger partial charge in [-0.1, -0.05) is 30.7 Å². The number of hydrogen-bond donors (Lipinski definition) is 1. The number of fused-ring (bicyclic) bond motifs is 1. The van der Waals surface area contributed by atoms with E-state index in [1.165, 1.54) is 51.6 Å². The third-order valence-electron chi connectivity index (χ3n) is 5.24. The van der Waals surface area contributed by atoms with E-state index in [9.17, 15) is 0 Å². The Balaban J connectivity index is 1.83. The molecular formula is C19H30N2. The number of hydrogen-bond acceptors (Lipinski definition) is 2. The quantitative estimate of drug-likeness (QED) is 0.844. The molecule has 21 heavy (non-hydrogen) atoms. The summed E-state index contributed by atoms with van der Waals surface area (Å²) >= 11 is 0. The van der Waals surface area contributed by atoms with E-state index in [4.69, 9.17) is 0 Å². The molecule has 2 heteroatoms. The molecule has 3 rings (SSSR count). The first kappa shape index (κ1) is 15.1. The molecular weight excluding hydrogens is 256 g/mol. The fourth-order valence-corrected chi connectivity index (χ4v) is 4.11. The average Bonchev–Trinajstić information content (AvgIpc) is 2.90. The smallest absolute Gasteiger partial charge is 0.0354 e. The van der Waals surface area contributed by atoms with E-state index in [0.717, 1.165) is 0 Å². The Labute approximate surface area is 129 Å². The molecule has 1 aliphatic carbocycles. The van der Waals surface area contributed by atoms with Crippen LogP contribution in [0.1, 0.15) is 63.1 Å². The molecule has 1 saturated heterocycles. The summed E-state index contributed by atoms with van der Waals surface area (Å²) in [5.74, 6) is 0. The van der Waals surface area contributed by atoms with Gasteiger partial charge in [-0.15, -0.1) is 0 Å². The van der Waals surface area contributed by atoms with Crippen molar-refractivity contribution in [2.45, 2.75) is 70.5 Å². The third kappa shape index (κ3) is 3.49. The fourth-order valence-electron chi connectivity index (χ4n) is 4.11. The molecule has 1 aromatic rings. The molecule has 1 aromatic carbocycles. The molecule has 2 nitrogen and oxygen atoms in total. The van der Waals surface area contributed by atoms with Crippen LogP contribution in [0.4, 0.5) is 0 Å². The van der Waals surface area contributed by atoms with E-state index >= 15 is 0 Å². The third-order valence-corrected chi connectivity index (χ3v) is 5.24. The van der Waals surface area contributed by atoms with Crippen molar-refractivity contribution < 1.29 is 0 Å². The molecule has 1 fully saturated rings. The van der Waals surface area contributed by atoms with Crippen molar-refractivity contribution in [2.24, 2.45) is 0 Å². The predicted octanol–water partition coefficient (Wildman–Crippen LogP) is 3.92. The Morgan fingerprint density at radius 1 is 1.14 bits per heavy atom. The molecule has 0 radical (unpaired) electrons. The molecule has 0 bridgehead atoms. The van der Waals surface area contributed by atoms with Crippen LogP contribution in [-0.2, 0) is 6.42 Å². The van der Waals surface area contributed by atoms with E-state index < -0.39 is 0 Å². The fraction of sp³-hybridized carbons (Fsp3) is 0.684. The lowest BCUT2D eigenvalue weighted by Gasteiger charge is -2.37. The SMILES string of the molecule is CC(C)N(CC1CCCN1)C1CCCCc2ccccc21. The van der Waals surface area contributed by atoms with Gasteiger partial charge in [-0.3, -0.25) is 4.90 Å². The summed E-state index contributed by atoms with van der Waals surface area (Å²) < 4.78 is 0. The van der Waals surface area contributed by atoms with Gasteiger partial charge < -0.3 is 5.32 Å². The van der Waals surface area contributed by atoms with Crippen molar-refractivity contribution in [1.29, 1.82) is 0 Å². The van der Waals surface area contributed by atoms with Crippen molar-refractivity contribution in [3.05, 3.63) is 35.4 Å². The van der Waals surface area contributed by atoms with Gasteiger partial charge in [-0.05, 0) is 63.6 Å². The normalized spacial score (nSPS) is 26.1. The van der Waals surface area contributed by atoms with E-state index in [0.29, 0.717) is 18.1 Å². The van der Waals surface area contributed by atoms with Gasteiger partial charge in [0.25, 0.3) is 0 Å². The van der Waals surface area contributed by atoms with E-state index in [1.54, 1.807) is 11.1 Å². The first-order valence-electron chi connectivity index (χ1n) is 8.82.